The Morgan fingerprint density at radius 3 is 2.69 bits per heavy atom. The number of amides is 1. The van der Waals surface area contributed by atoms with Crippen molar-refractivity contribution in [2.75, 3.05) is 53.5 Å². The van der Waals surface area contributed by atoms with Gasteiger partial charge in [-0.25, -0.2) is 4.79 Å². The van der Waals surface area contributed by atoms with Crippen LogP contribution in [0.2, 0.25) is 0 Å². The van der Waals surface area contributed by atoms with Gasteiger partial charge in [-0.05, 0) is 40.0 Å². The Kier molecular flexibility index (Phi) is 9.19. The van der Waals surface area contributed by atoms with E-state index in [1.165, 1.54) is 0 Å². The third-order valence-corrected chi connectivity index (χ3v) is 4.17. The fourth-order valence-electron chi connectivity index (χ4n) is 3.00. The molecule has 1 rings (SSSR count). The zero-order chi connectivity index (χ0) is 19.7. The van der Waals surface area contributed by atoms with Crippen LogP contribution in [0.3, 0.4) is 0 Å². The lowest BCUT2D eigenvalue weighted by Gasteiger charge is -2.26. The molecule has 0 aromatic carbocycles. The summed E-state index contributed by atoms with van der Waals surface area (Å²) in [7, 11) is 3.53. The lowest BCUT2D eigenvalue weighted by atomic mass is 10.1. The summed E-state index contributed by atoms with van der Waals surface area (Å²) in [5.41, 5.74) is -0.473. The van der Waals surface area contributed by atoms with Crippen molar-refractivity contribution >= 4 is 12.1 Å². The van der Waals surface area contributed by atoms with Crippen LogP contribution in [0.1, 0.15) is 41.0 Å². The van der Waals surface area contributed by atoms with Crippen LogP contribution in [0.4, 0.5) is 4.79 Å². The molecule has 2 unspecified atom stereocenters. The van der Waals surface area contributed by atoms with E-state index in [1.54, 1.807) is 19.1 Å². The van der Waals surface area contributed by atoms with Crippen LogP contribution in [-0.2, 0) is 9.47 Å². The number of nitrogens with one attached hydrogen (secondary N) is 1. The number of guanidine groups is 1. The van der Waals surface area contributed by atoms with Crippen molar-refractivity contribution in [2.45, 2.75) is 46.6 Å². The van der Waals surface area contributed by atoms with E-state index in [1.807, 2.05) is 20.8 Å². The largest absolute Gasteiger partial charge is 0.444 e. The Morgan fingerprint density at radius 2 is 2.12 bits per heavy atom. The average Bonchev–Trinajstić information content (AvgIpc) is 2.98. The highest BCUT2D eigenvalue weighted by atomic mass is 16.6. The maximum Gasteiger partial charge on any atom is 0.410 e. The number of carbonyl (C=O) groups excluding carboxylic acids is 1. The molecule has 2 atom stereocenters. The Bertz CT molecular complexity index is 462. The highest BCUT2D eigenvalue weighted by Gasteiger charge is 2.25. The van der Waals surface area contributed by atoms with Gasteiger partial charge in [0.05, 0.1) is 6.61 Å². The zero-order valence-corrected chi connectivity index (χ0v) is 17.7. The summed E-state index contributed by atoms with van der Waals surface area (Å²) in [4.78, 5) is 20.8. The molecule has 7 heteroatoms. The summed E-state index contributed by atoms with van der Waals surface area (Å²) in [6, 6.07) is 0. The maximum absolute atomic E-state index is 12.1. The van der Waals surface area contributed by atoms with Crippen LogP contribution in [0.15, 0.2) is 4.99 Å². The molecule has 7 nitrogen and oxygen atoms in total. The second kappa shape index (κ2) is 10.6. The predicted molar refractivity (Wildman–Crippen MR) is 106 cm³/mol. The number of carbonyl (C=O) groups is 1. The van der Waals surface area contributed by atoms with Crippen molar-refractivity contribution < 1.29 is 14.3 Å². The molecule has 0 aliphatic carbocycles. The molecule has 1 heterocycles. The molecule has 0 aromatic heterocycles. The van der Waals surface area contributed by atoms with Crippen molar-refractivity contribution in [3.8, 4) is 0 Å². The number of rotatable bonds is 7. The van der Waals surface area contributed by atoms with Gasteiger partial charge in [-0.3, -0.25) is 4.99 Å². The molecule has 26 heavy (non-hydrogen) atoms. The lowest BCUT2D eigenvalue weighted by molar-refractivity contribution is 0.0279. The Morgan fingerprint density at radius 1 is 1.42 bits per heavy atom. The molecule has 0 saturated carbocycles. The molecular weight excluding hydrogens is 332 g/mol. The van der Waals surface area contributed by atoms with Crippen molar-refractivity contribution in [1.82, 2.24) is 15.1 Å². The second-order valence-corrected chi connectivity index (χ2v) is 8.22. The number of ether oxygens (including phenoxy) is 2. The Hall–Kier alpha value is -1.50. The highest BCUT2D eigenvalue weighted by Crippen LogP contribution is 2.16. The van der Waals surface area contributed by atoms with Crippen molar-refractivity contribution in [3.05, 3.63) is 0 Å². The Labute approximate surface area is 159 Å². The summed E-state index contributed by atoms with van der Waals surface area (Å²) in [5, 5.41) is 3.38. The van der Waals surface area contributed by atoms with Crippen LogP contribution in [-0.4, -0.2) is 80.9 Å². The smallest absolute Gasteiger partial charge is 0.410 e. The van der Waals surface area contributed by atoms with Gasteiger partial charge in [0.25, 0.3) is 0 Å². The first kappa shape index (κ1) is 22.5. The third kappa shape index (κ3) is 8.25. The first-order valence-electron chi connectivity index (χ1n) is 9.62. The van der Waals surface area contributed by atoms with Crippen LogP contribution in [0, 0.1) is 11.8 Å². The van der Waals surface area contributed by atoms with Crippen molar-refractivity contribution in [1.29, 1.82) is 0 Å². The number of hydrogen-bond acceptors (Lipinski definition) is 4. The summed E-state index contributed by atoms with van der Waals surface area (Å²) in [6.45, 7) is 14.7. The van der Waals surface area contributed by atoms with Crippen LogP contribution >= 0.6 is 0 Å². The van der Waals surface area contributed by atoms with Gasteiger partial charge in [0.1, 0.15) is 5.60 Å². The van der Waals surface area contributed by atoms with E-state index < -0.39 is 5.60 Å². The van der Waals surface area contributed by atoms with Gasteiger partial charge in [-0.1, -0.05) is 6.92 Å². The van der Waals surface area contributed by atoms with Gasteiger partial charge >= 0.3 is 6.09 Å². The zero-order valence-electron chi connectivity index (χ0n) is 17.7. The van der Waals surface area contributed by atoms with Gasteiger partial charge in [0.15, 0.2) is 5.96 Å². The summed E-state index contributed by atoms with van der Waals surface area (Å²) in [5.74, 6) is 1.77. The number of methoxy groups -OCH3 is 1. The first-order valence-corrected chi connectivity index (χ1v) is 9.62. The van der Waals surface area contributed by atoms with E-state index in [-0.39, 0.29) is 12.0 Å². The van der Waals surface area contributed by atoms with Crippen molar-refractivity contribution in [3.63, 3.8) is 0 Å². The summed E-state index contributed by atoms with van der Waals surface area (Å²) >= 11 is 0. The third-order valence-electron chi connectivity index (χ3n) is 4.17. The van der Waals surface area contributed by atoms with Crippen LogP contribution in [0.25, 0.3) is 0 Å². The van der Waals surface area contributed by atoms with E-state index in [4.69, 9.17) is 14.5 Å². The van der Waals surface area contributed by atoms with Crippen LogP contribution in [0.5, 0.6) is 0 Å². The fraction of sp³-hybridized carbons (Fsp3) is 0.895. The molecule has 0 spiro atoms. The molecule has 0 radical (unpaired) electrons. The molecule has 1 aliphatic heterocycles. The minimum atomic E-state index is -0.473. The molecule has 1 amide bonds. The maximum atomic E-state index is 12.1. The predicted octanol–water partition coefficient (Wildman–Crippen LogP) is 2.42. The van der Waals surface area contributed by atoms with E-state index in [9.17, 15) is 4.79 Å². The molecule has 1 aliphatic rings. The molecule has 152 valence electrons. The molecule has 0 bridgehead atoms. The normalized spacial score (nSPS) is 19.4. The average molecular weight is 371 g/mol. The van der Waals surface area contributed by atoms with E-state index in [0.717, 1.165) is 38.6 Å². The van der Waals surface area contributed by atoms with Gasteiger partial charge in [0.2, 0.25) is 0 Å². The van der Waals surface area contributed by atoms with Crippen LogP contribution < -0.4 is 5.32 Å². The molecule has 1 N–H and O–H groups in total. The van der Waals surface area contributed by atoms with Gasteiger partial charge < -0.3 is 24.6 Å². The minimum Gasteiger partial charge on any atom is -0.444 e. The fourth-order valence-corrected chi connectivity index (χ4v) is 3.00. The quantitative estimate of drug-likeness (QED) is 0.551. The van der Waals surface area contributed by atoms with E-state index in [0.29, 0.717) is 19.0 Å². The highest BCUT2D eigenvalue weighted by molar-refractivity contribution is 5.80. The number of nitrogens with zero attached hydrogens (tertiary/aromatic N) is 3. The first-order chi connectivity index (χ1) is 12.2. The van der Waals surface area contributed by atoms with Gasteiger partial charge in [-0.2, -0.15) is 0 Å². The van der Waals surface area contributed by atoms with Gasteiger partial charge in [0, 0.05) is 52.8 Å². The summed E-state index contributed by atoms with van der Waals surface area (Å²) < 4.78 is 10.7. The van der Waals surface area contributed by atoms with E-state index >= 15 is 0 Å². The lowest BCUT2D eigenvalue weighted by Crippen LogP contribution is -2.41. The molecule has 1 saturated heterocycles. The SMILES string of the molecule is CCNC(=NCC(C)CN(C)C(=O)OC(C)(C)C)N1CCC(COC)C1. The molecule has 0 aromatic rings. The Balaban J connectivity index is 2.54. The van der Waals surface area contributed by atoms with Gasteiger partial charge in [-0.15, -0.1) is 0 Å². The topological polar surface area (TPSA) is 66.4 Å². The van der Waals surface area contributed by atoms with Crippen molar-refractivity contribution in [2.24, 2.45) is 16.8 Å². The minimum absolute atomic E-state index is 0.249. The van der Waals surface area contributed by atoms with E-state index in [2.05, 4.69) is 24.1 Å². The number of hydrogen-bond donors (Lipinski definition) is 1. The monoisotopic (exact) mass is 370 g/mol. The molecular formula is C19H38N4O3. The summed E-state index contributed by atoms with van der Waals surface area (Å²) in [6.07, 6.45) is 0.844. The number of likely N-dealkylation sites (tertiary alicyclic amines) is 1. The number of aliphatic imine (C=N–C) groups is 1. The standard InChI is InChI=1S/C19H38N4O3/c1-8-20-17(23-10-9-16(13-23)14-25-7)21-11-15(2)12-22(6)18(24)26-19(3,4)5/h15-16H,8-14H2,1-7H3,(H,20,21). The second-order valence-electron chi connectivity index (χ2n) is 8.22. The molecule has 1 fully saturated rings.